The fourth-order valence-electron chi connectivity index (χ4n) is 3.58. The van der Waals surface area contributed by atoms with Crippen molar-refractivity contribution in [1.82, 2.24) is 10.3 Å². The number of carbonyl (C=O) groups excluding carboxylic acids is 2. The molecule has 0 aromatic carbocycles. The van der Waals surface area contributed by atoms with E-state index >= 15 is 0 Å². The van der Waals surface area contributed by atoms with Gasteiger partial charge in [0, 0.05) is 17.8 Å². The average molecular weight is 435 g/mol. The number of aromatic nitrogens is 1. The summed E-state index contributed by atoms with van der Waals surface area (Å²) in [6.45, 7) is -0.988. The topological polar surface area (TPSA) is 128 Å². The molecule has 1 saturated heterocycles. The van der Waals surface area contributed by atoms with Gasteiger partial charge in [0.1, 0.15) is 23.7 Å². The Morgan fingerprint density at radius 2 is 1.97 bits per heavy atom. The molecule has 0 bridgehead atoms. The van der Waals surface area contributed by atoms with E-state index in [0.29, 0.717) is 6.42 Å². The lowest BCUT2D eigenvalue weighted by atomic mass is 9.77. The van der Waals surface area contributed by atoms with Crippen LogP contribution in [0.4, 0.5) is 13.2 Å². The number of hydrogen-bond acceptors (Lipinski definition) is 6. The van der Waals surface area contributed by atoms with E-state index < -0.39 is 63.8 Å². The molecule has 1 aliphatic heterocycles. The van der Waals surface area contributed by atoms with Crippen LogP contribution in [0.3, 0.4) is 0 Å². The second-order valence-corrected chi connectivity index (χ2v) is 9.56. The maximum absolute atomic E-state index is 14.8. The van der Waals surface area contributed by atoms with Crippen LogP contribution in [-0.2, 0) is 20.3 Å². The molecule has 29 heavy (non-hydrogen) atoms. The zero-order valence-corrected chi connectivity index (χ0v) is 16.1. The molecule has 2 amide bonds. The molecule has 1 aliphatic carbocycles. The monoisotopic (exact) mass is 435 g/mol. The van der Waals surface area contributed by atoms with Crippen LogP contribution in [0, 0.1) is 0 Å². The number of hydrogen-bond donors (Lipinski definition) is 2. The number of alkyl halides is 3. The first-order valence-corrected chi connectivity index (χ1v) is 10.7. The number of amides is 2. The first-order valence-electron chi connectivity index (χ1n) is 8.85. The highest BCUT2D eigenvalue weighted by Crippen LogP contribution is 2.48. The van der Waals surface area contributed by atoms with Gasteiger partial charge in [-0.3, -0.25) is 14.6 Å². The van der Waals surface area contributed by atoms with E-state index in [0.717, 1.165) is 12.3 Å². The van der Waals surface area contributed by atoms with Gasteiger partial charge in [0.25, 0.3) is 12.3 Å². The number of rotatable bonds is 8. The zero-order valence-electron chi connectivity index (χ0n) is 15.3. The van der Waals surface area contributed by atoms with E-state index in [4.69, 9.17) is 10.5 Å². The molecule has 3 rings (SSSR count). The van der Waals surface area contributed by atoms with E-state index in [1.165, 1.54) is 0 Å². The number of nitrogens with one attached hydrogen (secondary N) is 1. The standard InChI is InChI=1S/C17H20F3N3O5S/c18-13(19)7-28-12-4-11(22-6-10(12)17(20)2-1-3-17)15(25)23-16(5-14(21)24)8-29(26,27)9-16/h4,6,13H,1-3,5,7-9H2,(H2,21,24)(H,23,25). The fraction of sp³-hybridized carbons (Fsp3) is 0.588. The third kappa shape index (κ3) is 4.62. The van der Waals surface area contributed by atoms with Crippen LogP contribution < -0.4 is 15.8 Å². The average Bonchev–Trinajstić information content (AvgIpc) is 2.55. The second-order valence-electron chi connectivity index (χ2n) is 7.50. The van der Waals surface area contributed by atoms with Gasteiger partial charge in [0.15, 0.2) is 9.84 Å². The van der Waals surface area contributed by atoms with Gasteiger partial charge in [-0.25, -0.2) is 21.6 Å². The van der Waals surface area contributed by atoms with Crippen LogP contribution in [0.1, 0.15) is 41.7 Å². The van der Waals surface area contributed by atoms with Gasteiger partial charge in [-0.15, -0.1) is 0 Å². The molecular weight excluding hydrogens is 415 g/mol. The zero-order chi connectivity index (χ0) is 21.4. The summed E-state index contributed by atoms with van der Waals surface area (Å²) in [7, 11) is -3.41. The summed E-state index contributed by atoms with van der Waals surface area (Å²) in [5.41, 5.74) is 1.73. The van der Waals surface area contributed by atoms with E-state index in [-0.39, 0.29) is 29.8 Å². The Morgan fingerprint density at radius 1 is 1.31 bits per heavy atom. The summed E-state index contributed by atoms with van der Waals surface area (Å²) in [5.74, 6) is -2.80. The summed E-state index contributed by atoms with van der Waals surface area (Å²) in [5, 5.41) is 2.43. The molecule has 12 heteroatoms. The number of ether oxygens (including phenoxy) is 1. The number of pyridine rings is 1. The van der Waals surface area contributed by atoms with Crippen molar-refractivity contribution in [3.63, 3.8) is 0 Å². The van der Waals surface area contributed by atoms with Crippen molar-refractivity contribution in [3.8, 4) is 5.75 Å². The molecule has 0 spiro atoms. The van der Waals surface area contributed by atoms with Crippen LogP contribution in [0.15, 0.2) is 12.3 Å². The van der Waals surface area contributed by atoms with Gasteiger partial charge in [-0.2, -0.15) is 0 Å². The summed E-state index contributed by atoms with van der Waals surface area (Å²) in [4.78, 5) is 27.7. The van der Waals surface area contributed by atoms with Crippen molar-refractivity contribution in [2.45, 2.75) is 43.3 Å². The summed E-state index contributed by atoms with van der Waals surface area (Å²) < 4.78 is 68.0. The highest BCUT2D eigenvalue weighted by Gasteiger charge is 2.51. The van der Waals surface area contributed by atoms with Crippen LogP contribution >= 0.6 is 0 Å². The Bertz CT molecular complexity index is 922. The highest BCUT2D eigenvalue weighted by atomic mass is 32.2. The maximum Gasteiger partial charge on any atom is 0.272 e. The molecular formula is C17H20F3N3O5S. The molecule has 3 N–H and O–H groups in total. The lowest BCUT2D eigenvalue weighted by Crippen LogP contribution is -2.66. The third-order valence-electron chi connectivity index (χ3n) is 4.98. The Hall–Kier alpha value is -2.37. The first kappa shape index (κ1) is 21.3. The molecule has 0 radical (unpaired) electrons. The molecule has 1 saturated carbocycles. The van der Waals surface area contributed by atoms with E-state index in [9.17, 15) is 31.2 Å². The van der Waals surface area contributed by atoms with Gasteiger partial charge in [0.05, 0.1) is 23.5 Å². The quantitative estimate of drug-likeness (QED) is 0.623. The summed E-state index contributed by atoms with van der Waals surface area (Å²) in [6.07, 6.45) is -1.14. The van der Waals surface area contributed by atoms with Crippen molar-refractivity contribution in [3.05, 3.63) is 23.5 Å². The number of nitrogens with zero attached hydrogens (tertiary/aromatic N) is 1. The lowest BCUT2D eigenvalue weighted by Gasteiger charge is -2.40. The molecule has 0 unspecified atom stereocenters. The van der Waals surface area contributed by atoms with Crippen molar-refractivity contribution in [1.29, 1.82) is 0 Å². The van der Waals surface area contributed by atoms with Gasteiger partial charge >= 0.3 is 0 Å². The number of halogens is 3. The number of nitrogens with two attached hydrogens (primary N) is 1. The largest absolute Gasteiger partial charge is 0.487 e. The SMILES string of the molecule is NC(=O)CC1(NC(=O)c2cc(OCC(F)F)c(C3(F)CCC3)cn2)CS(=O)(=O)C1. The Kier molecular flexibility index (Phi) is 5.50. The highest BCUT2D eigenvalue weighted by molar-refractivity contribution is 7.93. The minimum absolute atomic E-state index is 0.0148. The van der Waals surface area contributed by atoms with Gasteiger partial charge in [0.2, 0.25) is 5.91 Å². The Labute approximate surface area is 164 Å². The van der Waals surface area contributed by atoms with Crippen LogP contribution in [-0.4, -0.2) is 55.3 Å². The normalized spacial score (nSPS) is 21.0. The predicted octanol–water partition coefficient (Wildman–Crippen LogP) is 0.847. The number of primary amides is 1. The Balaban J connectivity index is 1.84. The van der Waals surface area contributed by atoms with Crippen molar-refractivity contribution in [2.75, 3.05) is 18.1 Å². The van der Waals surface area contributed by atoms with E-state index in [2.05, 4.69) is 10.3 Å². The fourth-order valence-corrected chi connectivity index (χ4v) is 5.53. The molecule has 2 fully saturated rings. The Morgan fingerprint density at radius 3 is 2.45 bits per heavy atom. The van der Waals surface area contributed by atoms with E-state index in [1.54, 1.807) is 0 Å². The molecule has 2 heterocycles. The van der Waals surface area contributed by atoms with Crippen molar-refractivity contribution in [2.24, 2.45) is 5.73 Å². The molecule has 1 aromatic heterocycles. The van der Waals surface area contributed by atoms with Gasteiger partial charge in [-0.05, 0) is 19.3 Å². The van der Waals surface area contributed by atoms with E-state index in [1.807, 2.05) is 0 Å². The van der Waals surface area contributed by atoms with Crippen LogP contribution in [0.25, 0.3) is 0 Å². The molecule has 2 aliphatic rings. The van der Waals surface area contributed by atoms with Gasteiger partial charge in [-0.1, -0.05) is 0 Å². The minimum atomic E-state index is -3.41. The summed E-state index contributed by atoms with van der Waals surface area (Å²) >= 11 is 0. The number of sulfone groups is 1. The van der Waals surface area contributed by atoms with Crippen molar-refractivity contribution >= 4 is 21.7 Å². The summed E-state index contributed by atoms with van der Waals surface area (Å²) in [6, 6.07) is 1.04. The predicted molar refractivity (Wildman–Crippen MR) is 95.0 cm³/mol. The second kappa shape index (κ2) is 7.47. The minimum Gasteiger partial charge on any atom is -0.487 e. The molecule has 8 nitrogen and oxygen atoms in total. The number of carbonyl (C=O) groups is 2. The third-order valence-corrected chi connectivity index (χ3v) is 6.96. The maximum atomic E-state index is 14.8. The van der Waals surface area contributed by atoms with Crippen LogP contribution in [0.5, 0.6) is 5.75 Å². The first-order chi connectivity index (χ1) is 13.4. The van der Waals surface area contributed by atoms with Gasteiger partial charge < -0.3 is 15.8 Å². The molecule has 0 atom stereocenters. The molecule has 160 valence electrons. The smallest absolute Gasteiger partial charge is 0.272 e. The van der Waals surface area contributed by atoms with Crippen molar-refractivity contribution < 1.29 is 35.9 Å². The molecule has 1 aromatic rings. The lowest BCUT2D eigenvalue weighted by molar-refractivity contribution is -0.119. The van der Waals surface area contributed by atoms with Crippen LogP contribution in [0.2, 0.25) is 0 Å².